The van der Waals surface area contributed by atoms with Crippen LogP contribution in [0.5, 0.6) is 5.75 Å². The summed E-state index contributed by atoms with van der Waals surface area (Å²) in [5, 5.41) is 6.83. The van der Waals surface area contributed by atoms with E-state index in [1.807, 2.05) is 48.5 Å². The predicted octanol–water partition coefficient (Wildman–Crippen LogP) is 5.06. The quantitative estimate of drug-likeness (QED) is 0.431. The second-order valence-electron chi connectivity index (χ2n) is 7.38. The van der Waals surface area contributed by atoms with Crippen LogP contribution in [-0.4, -0.2) is 22.7 Å². The Hall–Kier alpha value is -3.87. The molecule has 7 heteroatoms. The lowest BCUT2D eigenvalue weighted by Crippen LogP contribution is -2.21. The molecular formula is C24H23N3O4. The van der Waals surface area contributed by atoms with Crippen LogP contribution in [0.1, 0.15) is 36.8 Å². The SMILES string of the molecule is CC(C)c1ccc(OCC(=O)Nc2ccccc2Cc2nc(-c3ccco3)no2)cc1. The number of carbonyl (C=O) groups excluding carboxylic acids is 1. The molecule has 0 unspecified atom stereocenters. The molecule has 4 aromatic rings. The fourth-order valence-electron chi connectivity index (χ4n) is 3.08. The van der Waals surface area contributed by atoms with Crippen LogP contribution in [0.15, 0.2) is 75.9 Å². The van der Waals surface area contributed by atoms with Crippen LogP contribution in [-0.2, 0) is 11.2 Å². The number of para-hydroxylation sites is 1. The van der Waals surface area contributed by atoms with Gasteiger partial charge in [-0.2, -0.15) is 4.98 Å². The maximum absolute atomic E-state index is 12.4. The van der Waals surface area contributed by atoms with E-state index in [2.05, 4.69) is 29.3 Å². The van der Waals surface area contributed by atoms with E-state index < -0.39 is 0 Å². The molecule has 31 heavy (non-hydrogen) atoms. The largest absolute Gasteiger partial charge is 0.484 e. The number of furan rings is 1. The number of ether oxygens (including phenoxy) is 1. The number of nitrogens with one attached hydrogen (secondary N) is 1. The number of hydrogen-bond acceptors (Lipinski definition) is 6. The average molecular weight is 417 g/mol. The summed E-state index contributed by atoms with van der Waals surface area (Å²) in [7, 11) is 0. The molecule has 158 valence electrons. The van der Waals surface area contributed by atoms with Crippen molar-refractivity contribution in [3.05, 3.63) is 83.9 Å². The molecule has 0 bridgehead atoms. The Labute approximate surface area is 180 Å². The molecule has 2 aromatic carbocycles. The zero-order valence-corrected chi connectivity index (χ0v) is 17.4. The molecule has 0 saturated heterocycles. The number of carbonyl (C=O) groups is 1. The molecule has 0 aliphatic heterocycles. The van der Waals surface area contributed by atoms with E-state index in [0.29, 0.717) is 41.3 Å². The minimum Gasteiger partial charge on any atom is -0.484 e. The van der Waals surface area contributed by atoms with Crippen LogP contribution in [0, 0.1) is 0 Å². The van der Waals surface area contributed by atoms with Gasteiger partial charge in [-0.3, -0.25) is 4.79 Å². The van der Waals surface area contributed by atoms with Gasteiger partial charge in [-0.1, -0.05) is 49.3 Å². The Morgan fingerprint density at radius 2 is 1.87 bits per heavy atom. The third kappa shape index (κ3) is 5.19. The molecule has 7 nitrogen and oxygen atoms in total. The van der Waals surface area contributed by atoms with Crippen molar-refractivity contribution < 1.29 is 18.5 Å². The third-order valence-corrected chi connectivity index (χ3v) is 4.76. The smallest absolute Gasteiger partial charge is 0.262 e. The summed E-state index contributed by atoms with van der Waals surface area (Å²) in [5.74, 6) is 2.21. The molecule has 0 aliphatic rings. The first kappa shape index (κ1) is 20.4. The normalized spacial score (nSPS) is 10.9. The van der Waals surface area contributed by atoms with Crippen molar-refractivity contribution >= 4 is 11.6 Å². The fourth-order valence-corrected chi connectivity index (χ4v) is 3.08. The monoisotopic (exact) mass is 417 g/mol. The molecular weight excluding hydrogens is 394 g/mol. The summed E-state index contributed by atoms with van der Waals surface area (Å²) in [5.41, 5.74) is 2.75. The Bertz CT molecular complexity index is 1130. The molecule has 1 amide bonds. The number of rotatable bonds is 8. The number of anilines is 1. The van der Waals surface area contributed by atoms with Gasteiger partial charge < -0.3 is 19.0 Å². The summed E-state index contributed by atoms with van der Waals surface area (Å²) in [6, 6.07) is 18.8. The summed E-state index contributed by atoms with van der Waals surface area (Å²) in [4.78, 5) is 16.8. The van der Waals surface area contributed by atoms with Gasteiger partial charge in [0.05, 0.1) is 12.7 Å². The van der Waals surface area contributed by atoms with Gasteiger partial charge in [0.15, 0.2) is 12.4 Å². The van der Waals surface area contributed by atoms with Gasteiger partial charge in [-0.25, -0.2) is 0 Å². The molecule has 1 N–H and O–H groups in total. The highest BCUT2D eigenvalue weighted by atomic mass is 16.5. The zero-order valence-electron chi connectivity index (χ0n) is 17.4. The van der Waals surface area contributed by atoms with E-state index in [0.717, 1.165) is 5.56 Å². The van der Waals surface area contributed by atoms with Crippen molar-refractivity contribution in [2.75, 3.05) is 11.9 Å². The minimum absolute atomic E-state index is 0.0848. The van der Waals surface area contributed by atoms with Crippen molar-refractivity contribution in [1.82, 2.24) is 10.1 Å². The second kappa shape index (κ2) is 9.30. The Kier molecular flexibility index (Phi) is 6.12. The third-order valence-electron chi connectivity index (χ3n) is 4.76. The molecule has 0 aliphatic carbocycles. The van der Waals surface area contributed by atoms with Crippen molar-refractivity contribution in [3.8, 4) is 17.3 Å². The van der Waals surface area contributed by atoms with E-state index >= 15 is 0 Å². The topological polar surface area (TPSA) is 90.4 Å². The molecule has 0 saturated carbocycles. The number of hydrogen-bond donors (Lipinski definition) is 1. The maximum atomic E-state index is 12.4. The Balaban J connectivity index is 1.37. The Morgan fingerprint density at radius 1 is 1.06 bits per heavy atom. The van der Waals surface area contributed by atoms with Crippen molar-refractivity contribution in [3.63, 3.8) is 0 Å². The van der Waals surface area contributed by atoms with Crippen LogP contribution in [0.3, 0.4) is 0 Å². The van der Waals surface area contributed by atoms with E-state index in [4.69, 9.17) is 13.7 Å². The molecule has 0 fully saturated rings. The minimum atomic E-state index is -0.248. The van der Waals surface area contributed by atoms with Gasteiger partial charge >= 0.3 is 0 Å². The summed E-state index contributed by atoms with van der Waals surface area (Å²) < 4.78 is 16.2. The van der Waals surface area contributed by atoms with Crippen LogP contribution < -0.4 is 10.1 Å². The Morgan fingerprint density at radius 3 is 2.61 bits per heavy atom. The van der Waals surface area contributed by atoms with E-state index in [1.54, 1.807) is 18.4 Å². The van der Waals surface area contributed by atoms with Crippen LogP contribution in [0.4, 0.5) is 5.69 Å². The van der Waals surface area contributed by atoms with Crippen LogP contribution in [0.25, 0.3) is 11.6 Å². The fraction of sp³-hybridized carbons (Fsp3) is 0.208. The molecule has 4 rings (SSSR count). The van der Waals surface area contributed by atoms with E-state index in [9.17, 15) is 4.79 Å². The maximum Gasteiger partial charge on any atom is 0.262 e. The van der Waals surface area contributed by atoms with Crippen LogP contribution in [0.2, 0.25) is 0 Å². The highest BCUT2D eigenvalue weighted by Crippen LogP contribution is 2.22. The van der Waals surface area contributed by atoms with Gasteiger partial charge in [-0.15, -0.1) is 0 Å². The van der Waals surface area contributed by atoms with E-state index in [1.165, 1.54) is 5.56 Å². The highest BCUT2D eigenvalue weighted by molar-refractivity contribution is 5.92. The first-order valence-corrected chi connectivity index (χ1v) is 10.1. The van der Waals surface area contributed by atoms with Crippen molar-refractivity contribution in [2.24, 2.45) is 0 Å². The first-order valence-electron chi connectivity index (χ1n) is 10.1. The lowest BCUT2D eigenvalue weighted by Gasteiger charge is -2.11. The molecule has 2 heterocycles. The van der Waals surface area contributed by atoms with Gasteiger partial charge in [0.1, 0.15) is 5.75 Å². The van der Waals surface area contributed by atoms with Crippen molar-refractivity contribution in [1.29, 1.82) is 0 Å². The van der Waals surface area contributed by atoms with Crippen molar-refractivity contribution in [2.45, 2.75) is 26.2 Å². The second-order valence-corrected chi connectivity index (χ2v) is 7.38. The molecule has 2 aromatic heterocycles. The number of amides is 1. The summed E-state index contributed by atoms with van der Waals surface area (Å²) in [6.45, 7) is 4.18. The highest BCUT2D eigenvalue weighted by Gasteiger charge is 2.14. The zero-order chi connectivity index (χ0) is 21.6. The lowest BCUT2D eigenvalue weighted by molar-refractivity contribution is -0.118. The van der Waals surface area contributed by atoms with E-state index in [-0.39, 0.29) is 12.5 Å². The average Bonchev–Trinajstić information content (AvgIpc) is 3.46. The summed E-state index contributed by atoms with van der Waals surface area (Å²) in [6.07, 6.45) is 1.93. The molecule has 0 spiro atoms. The van der Waals surface area contributed by atoms with Crippen LogP contribution >= 0.6 is 0 Å². The standard InChI is InChI=1S/C24H23N3O4/c1-16(2)17-9-11-19(12-10-17)30-15-22(28)25-20-7-4-3-6-18(20)14-23-26-24(27-31-23)21-8-5-13-29-21/h3-13,16H,14-15H2,1-2H3,(H,25,28). The van der Waals surface area contributed by atoms with Gasteiger partial charge in [0.2, 0.25) is 11.7 Å². The number of nitrogens with zero attached hydrogens (tertiary/aromatic N) is 2. The van der Waals surface area contributed by atoms with Gasteiger partial charge in [0.25, 0.3) is 5.91 Å². The van der Waals surface area contributed by atoms with Gasteiger partial charge in [0, 0.05) is 5.69 Å². The predicted molar refractivity (Wildman–Crippen MR) is 116 cm³/mol. The number of aromatic nitrogens is 2. The summed E-state index contributed by atoms with van der Waals surface area (Å²) >= 11 is 0. The first-order chi connectivity index (χ1) is 15.1. The lowest BCUT2D eigenvalue weighted by atomic mass is 10.0. The van der Waals surface area contributed by atoms with Gasteiger partial charge in [-0.05, 0) is 47.4 Å². The molecule has 0 radical (unpaired) electrons. The number of benzene rings is 2. The molecule has 0 atom stereocenters.